The monoisotopic (exact) mass is 222 g/mol. The lowest BCUT2D eigenvalue weighted by Crippen LogP contribution is -2.39. The Hall–Kier alpha value is -1.04. The summed E-state index contributed by atoms with van der Waals surface area (Å²) in [6, 6.07) is 0. The minimum Gasteiger partial charge on any atom is -0.358 e. The summed E-state index contributed by atoms with van der Waals surface area (Å²) in [6.45, 7) is 0.610. The van der Waals surface area contributed by atoms with Crippen molar-refractivity contribution in [3.63, 3.8) is 0 Å². The number of amides is 1. The van der Waals surface area contributed by atoms with Gasteiger partial charge < -0.3 is 5.32 Å². The van der Waals surface area contributed by atoms with Gasteiger partial charge in [0, 0.05) is 25.7 Å². The van der Waals surface area contributed by atoms with Crippen LogP contribution in [0.25, 0.3) is 0 Å². The zero-order chi connectivity index (χ0) is 11.5. The molecule has 0 saturated heterocycles. The Bertz CT molecular complexity index is 273. The summed E-state index contributed by atoms with van der Waals surface area (Å²) in [5.41, 5.74) is -0.490. The Morgan fingerprint density at radius 1 is 1.60 bits per heavy atom. The summed E-state index contributed by atoms with van der Waals surface area (Å²) in [5, 5.41) is 2.43. The highest BCUT2D eigenvalue weighted by molar-refractivity contribution is 5.77. The third-order valence-electron chi connectivity index (χ3n) is 2.30. The maximum Gasteiger partial charge on any atom is 0.412 e. The van der Waals surface area contributed by atoms with Gasteiger partial charge in [0.25, 0.3) is 0 Å². The lowest BCUT2D eigenvalue weighted by Gasteiger charge is -2.26. The minimum atomic E-state index is -4.22. The van der Waals surface area contributed by atoms with Crippen LogP contribution in [0, 0.1) is 0 Å². The summed E-state index contributed by atoms with van der Waals surface area (Å²) >= 11 is 0. The quantitative estimate of drug-likeness (QED) is 0.705. The number of hydrogen-bond acceptors (Lipinski definition) is 2. The predicted molar refractivity (Wildman–Crippen MR) is 49.3 cm³/mol. The van der Waals surface area contributed by atoms with Crippen molar-refractivity contribution < 1.29 is 18.0 Å². The summed E-state index contributed by atoms with van der Waals surface area (Å²) in [4.78, 5) is 12.6. The number of nitrogens with zero attached hydrogens (tertiary/aromatic N) is 1. The van der Waals surface area contributed by atoms with Gasteiger partial charge in [0.2, 0.25) is 5.91 Å². The minimum absolute atomic E-state index is 0.0412. The van der Waals surface area contributed by atoms with Crippen molar-refractivity contribution in [3.05, 3.63) is 11.6 Å². The summed E-state index contributed by atoms with van der Waals surface area (Å²) in [7, 11) is 1.50. The molecule has 1 amide bonds. The average Bonchev–Trinajstić information content (AvgIpc) is 2.17. The summed E-state index contributed by atoms with van der Waals surface area (Å²) in [6.07, 6.45) is -3.12. The fourth-order valence-electron chi connectivity index (χ4n) is 1.39. The number of likely N-dealkylation sites (N-methyl/N-ethyl adjacent to an activating group) is 1. The average molecular weight is 222 g/mol. The SMILES string of the molecule is CNC(=O)CN1CC=C(C(F)(F)F)CC1. The first-order chi connectivity index (χ1) is 6.93. The van der Waals surface area contributed by atoms with Crippen LogP contribution in [0.1, 0.15) is 6.42 Å². The van der Waals surface area contributed by atoms with Gasteiger partial charge in [-0.2, -0.15) is 13.2 Å². The predicted octanol–water partition coefficient (Wildman–Crippen LogP) is 0.927. The molecule has 0 spiro atoms. The molecule has 0 aromatic heterocycles. The highest BCUT2D eigenvalue weighted by Gasteiger charge is 2.34. The van der Waals surface area contributed by atoms with E-state index in [2.05, 4.69) is 5.32 Å². The zero-order valence-electron chi connectivity index (χ0n) is 8.40. The van der Waals surface area contributed by atoms with Gasteiger partial charge in [0.1, 0.15) is 0 Å². The van der Waals surface area contributed by atoms with Gasteiger partial charge in [-0.05, 0) is 6.42 Å². The van der Waals surface area contributed by atoms with Crippen molar-refractivity contribution in [2.75, 3.05) is 26.7 Å². The molecule has 1 rings (SSSR count). The lowest BCUT2D eigenvalue weighted by molar-refractivity contribution is -0.121. The Morgan fingerprint density at radius 3 is 2.67 bits per heavy atom. The van der Waals surface area contributed by atoms with Crippen LogP contribution >= 0.6 is 0 Å². The molecule has 1 aliphatic heterocycles. The van der Waals surface area contributed by atoms with Crippen molar-refractivity contribution in [1.29, 1.82) is 0 Å². The van der Waals surface area contributed by atoms with E-state index in [0.29, 0.717) is 0 Å². The first-order valence-corrected chi connectivity index (χ1v) is 4.62. The van der Waals surface area contributed by atoms with E-state index in [0.717, 1.165) is 6.08 Å². The molecule has 0 unspecified atom stereocenters. The molecule has 0 aromatic rings. The van der Waals surface area contributed by atoms with Crippen LogP contribution in [-0.2, 0) is 4.79 Å². The molecule has 0 aromatic carbocycles. The number of carbonyl (C=O) groups is 1. The molecular weight excluding hydrogens is 209 g/mol. The molecule has 86 valence electrons. The molecule has 3 nitrogen and oxygen atoms in total. The molecule has 1 N–H and O–H groups in total. The van der Waals surface area contributed by atoms with E-state index in [9.17, 15) is 18.0 Å². The standard InChI is InChI=1S/C9H13F3N2O/c1-13-8(15)6-14-4-2-7(3-5-14)9(10,11)12/h2H,3-6H2,1H3,(H,13,15). The maximum atomic E-state index is 12.2. The van der Waals surface area contributed by atoms with E-state index in [-0.39, 0.29) is 32.0 Å². The fraction of sp³-hybridized carbons (Fsp3) is 0.667. The second kappa shape index (κ2) is 4.65. The Kier molecular flexibility index (Phi) is 3.73. The number of halogens is 3. The van der Waals surface area contributed by atoms with E-state index in [4.69, 9.17) is 0 Å². The summed E-state index contributed by atoms with van der Waals surface area (Å²) in [5.74, 6) is -0.182. The lowest BCUT2D eigenvalue weighted by atomic mass is 10.1. The first-order valence-electron chi connectivity index (χ1n) is 4.62. The first kappa shape index (κ1) is 12.0. The Morgan fingerprint density at radius 2 is 2.27 bits per heavy atom. The molecule has 0 aliphatic carbocycles. The third-order valence-corrected chi connectivity index (χ3v) is 2.30. The number of hydrogen-bond donors (Lipinski definition) is 1. The number of rotatable bonds is 2. The molecule has 0 fully saturated rings. The molecule has 6 heteroatoms. The number of carbonyl (C=O) groups excluding carboxylic acids is 1. The smallest absolute Gasteiger partial charge is 0.358 e. The normalized spacial score (nSPS) is 18.5. The van der Waals surface area contributed by atoms with Crippen molar-refractivity contribution in [3.8, 4) is 0 Å². The Balaban J connectivity index is 2.48. The van der Waals surface area contributed by atoms with Crippen molar-refractivity contribution >= 4 is 5.91 Å². The van der Waals surface area contributed by atoms with Gasteiger partial charge in [-0.25, -0.2) is 0 Å². The van der Waals surface area contributed by atoms with Gasteiger partial charge in [-0.1, -0.05) is 6.08 Å². The van der Waals surface area contributed by atoms with Gasteiger partial charge in [0.15, 0.2) is 0 Å². The van der Waals surface area contributed by atoms with E-state index >= 15 is 0 Å². The molecular formula is C9H13F3N2O. The van der Waals surface area contributed by atoms with Crippen molar-refractivity contribution in [2.24, 2.45) is 0 Å². The fourth-order valence-corrected chi connectivity index (χ4v) is 1.39. The van der Waals surface area contributed by atoms with Crippen molar-refractivity contribution in [2.45, 2.75) is 12.6 Å². The van der Waals surface area contributed by atoms with Crippen LogP contribution in [0.15, 0.2) is 11.6 Å². The number of alkyl halides is 3. The van der Waals surface area contributed by atoms with Crippen LogP contribution in [0.2, 0.25) is 0 Å². The third kappa shape index (κ3) is 3.54. The van der Waals surface area contributed by atoms with Crippen LogP contribution in [-0.4, -0.2) is 43.7 Å². The van der Waals surface area contributed by atoms with Gasteiger partial charge in [-0.3, -0.25) is 9.69 Å². The molecule has 1 aliphatic rings. The largest absolute Gasteiger partial charge is 0.412 e. The second-order valence-corrected chi connectivity index (χ2v) is 3.39. The van der Waals surface area contributed by atoms with Crippen LogP contribution in [0.5, 0.6) is 0 Å². The molecule has 1 heterocycles. The van der Waals surface area contributed by atoms with Gasteiger partial charge in [-0.15, -0.1) is 0 Å². The highest BCUT2D eigenvalue weighted by Crippen LogP contribution is 2.29. The van der Waals surface area contributed by atoms with E-state index in [1.54, 1.807) is 4.90 Å². The molecule has 15 heavy (non-hydrogen) atoms. The van der Waals surface area contributed by atoms with Crippen molar-refractivity contribution in [1.82, 2.24) is 10.2 Å². The van der Waals surface area contributed by atoms with Gasteiger partial charge >= 0.3 is 6.18 Å². The number of nitrogens with one attached hydrogen (secondary N) is 1. The zero-order valence-corrected chi connectivity index (χ0v) is 8.40. The van der Waals surface area contributed by atoms with E-state index in [1.165, 1.54) is 7.05 Å². The van der Waals surface area contributed by atoms with Crippen LogP contribution in [0.3, 0.4) is 0 Å². The van der Waals surface area contributed by atoms with Crippen LogP contribution in [0.4, 0.5) is 13.2 Å². The molecule has 0 bridgehead atoms. The molecule has 0 atom stereocenters. The topological polar surface area (TPSA) is 32.3 Å². The molecule has 0 radical (unpaired) electrons. The van der Waals surface area contributed by atoms with E-state index in [1.807, 2.05) is 0 Å². The Labute approximate surface area is 85.9 Å². The second-order valence-electron chi connectivity index (χ2n) is 3.39. The van der Waals surface area contributed by atoms with E-state index < -0.39 is 11.7 Å². The van der Waals surface area contributed by atoms with Crippen LogP contribution < -0.4 is 5.32 Å². The summed E-state index contributed by atoms with van der Waals surface area (Å²) < 4.78 is 36.7. The highest BCUT2D eigenvalue weighted by atomic mass is 19.4. The van der Waals surface area contributed by atoms with Gasteiger partial charge in [0.05, 0.1) is 6.54 Å². The maximum absolute atomic E-state index is 12.2. The molecule has 0 saturated carbocycles.